The molecule has 27 heavy (non-hydrogen) atoms. The summed E-state index contributed by atoms with van der Waals surface area (Å²) in [7, 11) is 0. The van der Waals surface area contributed by atoms with Crippen LogP contribution in [0.4, 0.5) is 0 Å². The minimum absolute atomic E-state index is 0. The van der Waals surface area contributed by atoms with Crippen molar-refractivity contribution < 1.29 is 4.79 Å². The Balaban J connectivity index is 0. The van der Waals surface area contributed by atoms with E-state index in [-0.39, 0.29) is 43.1 Å². The van der Waals surface area contributed by atoms with Crippen LogP contribution in [-0.2, 0) is 10.3 Å². The highest BCUT2D eigenvalue weighted by molar-refractivity contribution is 5.87. The number of nitrogens with one attached hydrogen (secondary N) is 1. The minimum atomic E-state index is -0.974. The summed E-state index contributed by atoms with van der Waals surface area (Å²) in [5.74, 6) is -0.106. The van der Waals surface area contributed by atoms with E-state index in [1.165, 1.54) is 13.1 Å². The van der Waals surface area contributed by atoms with E-state index in [0.29, 0.717) is 6.54 Å². The number of nitrogens with zero attached hydrogens (tertiary/aromatic N) is 2. The molecule has 1 heterocycles. The normalized spacial score (nSPS) is 16.9. The maximum absolute atomic E-state index is 12.3. The van der Waals surface area contributed by atoms with Crippen LogP contribution in [0.1, 0.15) is 32.3 Å². The summed E-state index contributed by atoms with van der Waals surface area (Å²) in [6, 6.07) is 9.54. The smallest absolute Gasteiger partial charge is 0.244 e. The lowest BCUT2D eigenvalue weighted by Crippen LogP contribution is -2.49. The van der Waals surface area contributed by atoms with Crippen molar-refractivity contribution in [2.24, 2.45) is 5.73 Å². The van der Waals surface area contributed by atoms with E-state index in [2.05, 4.69) is 22.0 Å². The monoisotopic (exact) mass is 440 g/mol. The second-order valence-corrected chi connectivity index (χ2v) is 6.81. The van der Waals surface area contributed by atoms with E-state index in [0.717, 1.165) is 44.6 Å². The number of halogens is 3. The molecule has 1 saturated heterocycles. The Morgan fingerprint density at radius 2 is 1.59 bits per heavy atom. The third-order valence-corrected chi connectivity index (χ3v) is 4.94. The number of rotatable bonds is 8. The second kappa shape index (κ2) is 14.4. The fourth-order valence-corrected chi connectivity index (χ4v) is 3.09. The van der Waals surface area contributed by atoms with Crippen LogP contribution in [0.15, 0.2) is 30.3 Å². The zero-order chi connectivity index (χ0) is 17.4. The van der Waals surface area contributed by atoms with Crippen LogP contribution in [0, 0.1) is 0 Å². The zero-order valence-electron chi connectivity index (χ0n) is 16.4. The lowest BCUT2D eigenvalue weighted by molar-refractivity contribution is -0.126. The fourth-order valence-electron chi connectivity index (χ4n) is 3.09. The molecule has 0 aliphatic carbocycles. The van der Waals surface area contributed by atoms with Crippen molar-refractivity contribution in [2.45, 2.75) is 32.2 Å². The summed E-state index contributed by atoms with van der Waals surface area (Å²) < 4.78 is 0. The number of hydrogen-bond donors (Lipinski definition) is 2. The average Bonchev–Trinajstić information content (AvgIpc) is 2.62. The Kier molecular flexibility index (Phi) is 15.3. The van der Waals surface area contributed by atoms with Gasteiger partial charge in [-0.25, -0.2) is 0 Å². The topological polar surface area (TPSA) is 61.6 Å². The van der Waals surface area contributed by atoms with E-state index in [4.69, 9.17) is 5.73 Å². The first-order valence-electron chi connectivity index (χ1n) is 9.11. The molecule has 0 spiro atoms. The fraction of sp³-hybridized carbons (Fsp3) is 0.632. The van der Waals surface area contributed by atoms with Gasteiger partial charge in [0.15, 0.2) is 0 Å². The number of hydrogen-bond acceptors (Lipinski definition) is 4. The van der Waals surface area contributed by atoms with E-state index in [9.17, 15) is 4.79 Å². The molecule has 0 saturated carbocycles. The SMILES string of the molecule is CCN1CCN(CCCCNC(=O)C(C)(N)c2ccccc2)CC1.Cl.Cl.Cl. The highest BCUT2D eigenvalue weighted by Crippen LogP contribution is 2.17. The second-order valence-electron chi connectivity index (χ2n) is 6.81. The number of nitrogens with two attached hydrogens (primary N) is 1. The average molecular weight is 442 g/mol. The predicted molar refractivity (Wildman–Crippen MR) is 121 cm³/mol. The van der Waals surface area contributed by atoms with Gasteiger partial charge in [0, 0.05) is 32.7 Å². The summed E-state index contributed by atoms with van der Waals surface area (Å²) in [4.78, 5) is 17.4. The van der Waals surface area contributed by atoms with Gasteiger partial charge in [0.1, 0.15) is 5.54 Å². The van der Waals surface area contributed by atoms with Gasteiger partial charge in [0.25, 0.3) is 0 Å². The van der Waals surface area contributed by atoms with Crippen molar-refractivity contribution in [1.82, 2.24) is 15.1 Å². The molecule has 3 N–H and O–H groups in total. The molecular formula is C19H35Cl3N4O. The Labute approximate surface area is 182 Å². The summed E-state index contributed by atoms with van der Waals surface area (Å²) >= 11 is 0. The number of carbonyl (C=O) groups is 1. The maximum Gasteiger partial charge on any atom is 0.244 e. The standard InChI is InChI=1S/C19H32N4O.3ClH/c1-3-22-13-15-23(16-14-22)12-8-7-11-21-18(24)19(2,20)17-9-5-4-6-10-17;;;/h4-6,9-10H,3,7-8,11-16,20H2,1-2H3,(H,21,24);3*1H. The van der Waals surface area contributed by atoms with Gasteiger partial charge in [0.05, 0.1) is 0 Å². The Bertz CT molecular complexity index is 509. The molecule has 1 fully saturated rings. The Hall–Kier alpha value is -0.560. The molecule has 1 aliphatic heterocycles. The number of unbranched alkanes of at least 4 members (excludes halogenated alkanes) is 1. The van der Waals surface area contributed by atoms with Crippen molar-refractivity contribution in [1.29, 1.82) is 0 Å². The largest absolute Gasteiger partial charge is 0.354 e. The van der Waals surface area contributed by atoms with Gasteiger partial charge < -0.3 is 20.9 Å². The van der Waals surface area contributed by atoms with Crippen LogP contribution in [0.25, 0.3) is 0 Å². The third kappa shape index (κ3) is 8.99. The third-order valence-electron chi connectivity index (χ3n) is 4.94. The number of amides is 1. The van der Waals surface area contributed by atoms with Gasteiger partial charge >= 0.3 is 0 Å². The van der Waals surface area contributed by atoms with Crippen LogP contribution in [0.5, 0.6) is 0 Å². The molecule has 1 unspecified atom stereocenters. The van der Waals surface area contributed by atoms with Crippen molar-refractivity contribution in [3.05, 3.63) is 35.9 Å². The van der Waals surface area contributed by atoms with Crippen LogP contribution >= 0.6 is 37.2 Å². The molecule has 8 heteroatoms. The van der Waals surface area contributed by atoms with Crippen LogP contribution in [0.3, 0.4) is 0 Å². The Morgan fingerprint density at radius 3 is 2.15 bits per heavy atom. The number of carbonyl (C=O) groups excluding carboxylic acids is 1. The molecule has 2 rings (SSSR count). The van der Waals surface area contributed by atoms with Crippen LogP contribution in [0.2, 0.25) is 0 Å². The van der Waals surface area contributed by atoms with Gasteiger partial charge in [-0.15, -0.1) is 37.2 Å². The summed E-state index contributed by atoms with van der Waals surface area (Å²) in [5.41, 5.74) is 6.08. The first-order chi connectivity index (χ1) is 11.5. The number of piperazine rings is 1. The summed E-state index contributed by atoms with van der Waals surface area (Å²) in [6.45, 7) is 11.6. The highest BCUT2D eigenvalue weighted by atomic mass is 35.5. The predicted octanol–water partition coefficient (Wildman–Crippen LogP) is 2.66. The highest BCUT2D eigenvalue weighted by Gasteiger charge is 2.29. The number of likely N-dealkylation sites (N-methyl/N-ethyl adjacent to an activating group) is 1. The minimum Gasteiger partial charge on any atom is -0.354 e. The molecular weight excluding hydrogens is 407 g/mol. The van der Waals surface area contributed by atoms with E-state index in [1.54, 1.807) is 6.92 Å². The van der Waals surface area contributed by atoms with Gasteiger partial charge in [-0.05, 0) is 38.4 Å². The molecule has 1 amide bonds. The number of benzene rings is 1. The van der Waals surface area contributed by atoms with Crippen LogP contribution < -0.4 is 11.1 Å². The molecule has 0 bridgehead atoms. The molecule has 0 aromatic heterocycles. The lowest BCUT2D eigenvalue weighted by atomic mass is 9.92. The molecule has 0 radical (unpaired) electrons. The van der Waals surface area contributed by atoms with E-state index >= 15 is 0 Å². The Morgan fingerprint density at radius 1 is 1.04 bits per heavy atom. The van der Waals surface area contributed by atoms with Crippen molar-refractivity contribution >= 4 is 43.1 Å². The van der Waals surface area contributed by atoms with Gasteiger partial charge in [-0.1, -0.05) is 37.3 Å². The zero-order valence-corrected chi connectivity index (χ0v) is 18.8. The van der Waals surface area contributed by atoms with Crippen LogP contribution in [-0.4, -0.2) is 61.5 Å². The summed E-state index contributed by atoms with van der Waals surface area (Å²) in [6.07, 6.45) is 2.10. The van der Waals surface area contributed by atoms with Gasteiger partial charge in [0.2, 0.25) is 5.91 Å². The molecule has 5 nitrogen and oxygen atoms in total. The first kappa shape index (κ1) is 28.6. The molecule has 1 aliphatic rings. The first-order valence-corrected chi connectivity index (χ1v) is 9.11. The van der Waals surface area contributed by atoms with Crippen molar-refractivity contribution in [2.75, 3.05) is 45.8 Å². The van der Waals surface area contributed by atoms with Crippen molar-refractivity contribution in [3.8, 4) is 0 Å². The summed E-state index contributed by atoms with van der Waals surface area (Å²) in [5, 5.41) is 2.98. The van der Waals surface area contributed by atoms with E-state index in [1.807, 2.05) is 30.3 Å². The quantitative estimate of drug-likeness (QED) is 0.609. The lowest BCUT2D eigenvalue weighted by Gasteiger charge is -2.34. The molecule has 1 atom stereocenters. The van der Waals surface area contributed by atoms with Gasteiger partial charge in [-0.3, -0.25) is 4.79 Å². The molecule has 158 valence electrons. The molecule has 1 aromatic rings. The molecule has 1 aromatic carbocycles. The maximum atomic E-state index is 12.3. The van der Waals surface area contributed by atoms with Crippen molar-refractivity contribution in [3.63, 3.8) is 0 Å². The van der Waals surface area contributed by atoms with Gasteiger partial charge in [-0.2, -0.15) is 0 Å². The van der Waals surface area contributed by atoms with E-state index < -0.39 is 5.54 Å².